The van der Waals surface area contributed by atoms with Gasteiger partial charge in [0.25, 0.3) is 0 Å². The van der Waals surface area contributed by atoms with Gasteiger partial charge < -0.3 is 0 Å². The first-order valence-corrected chi connectivity index (χ1v) is 6.34. The first-order chi connectivity index (χ1) is 7.86. The van der Waals surface area contributed by atoms with E-state index in [4.69, 9.17) is 0 Å². The molecule has 2 heteroatoms. The average Bonchev–Trinajstić information content (AvgIpc) is 2.49. The Labute approximate surface area is 104 Å². The predicted octanol–water partition coefficient (Wildman–Crippen LogP) is 3.95. The van der Waals surface area contributed by atoms with Crippen molar-refractivity contribution in [2.24, 2.45) is 4.99 Å². The Bertz CT molecular complexity index is 523. The first kappa shape index (κ1) is 10.0. The summed E-state index contributed by atoms with van der Waals surface area (Å²) in [6.45, 7) is 0.793. The molecular formula is C14H12BrN. The number of allylic oxidation sites excluding steroid dienone is 2. The van der Waals surface area contributed by atoms with Gasteiger partial charge in [-0.2, -0.15) is 0 Å². The summed E-state index contributed by atoms with van der Waals surface area (Å²) in [5, 5.41) is 0. The summed E-state index contributed by atoms with van der Waals surface area (Å²) in [7, 11) is 0. The fourth-order valence-electron chi connectivity index (χ4n) is 2.34. The van der Waals surface area contributed by atoms with Crippen LogP contribution in [0.3, 0.4) is 0 Å². The maximum atomic E-state index is 4.57. The summed E-state index contributed by atoms with van der Waals surface area (Å²) in [4.78, 5) is 4.57. The molecule has 1 nitrogen and oxygen atoms in total. The van der Waals surface area contributed by atoms with Crippen LogP contribution >= 0.6 is 15.9 Å². The van der Waals surface area contributed by atoms with Crippen molar-refractivity contribution in [1.29, 1.82) is 0 Å². The molecule has 0 saturated heterocycles. The molecule has 0 fully saturated rings. The zero-order valence-corrected chi connectivity index (χ0v) is 10.5. The Hall–Kier alpha value is -1.15. The number of hydrogen-bond acceptors (Lipinski definition) is 1. The van der Waals surface area contributed by atoms with Crippen LogP contribution in [0.4, 0.5) is 0 Å². The van der Waals surface area contributed by atoms with E-state index in [9.17, 15) is 0 Å². The molecule has 1 aromatic rings. The zero-order valence-electron chi connectivity index (χ0n) is 8.91. The summed E-state index contributed by atoms with van der Waals surface area (Å²) in [5.74, 6) is 0. The number of benzene rings is 1. The molecule has 80 valence electrons. The summed E-state index contributed by atoms with van der Waals surface area (Å²) < 4.78 is 0.978. The van der Waals surface area contributed by atoms with E-state index >= 15 is 0 Å². The quantitative estimate of drug-likeness (QED) is 0.679. The van der Waals surface area contributed by atoms with Crippen molar-refractivity contribution in [1.82, 2.24) is 0 Å². The first-order valence-electron chi connectivity index (χ1n) is 5.54. The molecule has 1 aliphatic heterocycles. The van der Waals surface area contributed by atoms with Crippen molar-refractivity contribution in [2.75, 3.05) is 6.54 Å². The standard InChI is InChI=1S/C14H12BrN/c15-14-13-8-4-3-7-12(13)11-6-2-1-5-10(11)9-16-14/h1,3-5,7-8H,2,6,9H2. The average molecular weight is 274 g/mol. The Kier molecular flexibility index (Phi) is 2.52. The lowest BCUT2D eigenvalue weighted by Crippen LogP contribution is -1.98. The molecule has 0 aromatic heterocycles. The molecule has 0 atom stereocenters. The number of rotatable bonds is 0. The van der Waals surface area contributed by atoms with Crippen molar-refractivity contribution in [3.8, 4) is 0 Å². The van der Waals surface area contributed by atoms with Gasteiger partial charge in [0.2, 0.25) is 0 Å². The summed E-state index contributed by atoms with van der Waals surface area (Å²) in [5.41, 5.74) is 5.40. The fourth-order valence-corrected chi connectivity index (χ4v) is 2.81. The lowest BCUT2D eigenvalue weighted by molar-refractivity contribution is 1.02. The van der Waals surface area contributed by atoms with Gasteiger partial charge in [0.05, 0.1) is 6.54 Å². The second kappa shape index (κ2) is 4.02. The third-order valence-electron chi connectivity index (χ3n) is 3.13. The Balaban J connectivity index is 2.25. The van der Waals surface area contributed by atoms with Gasteiger partial charge in [-0.05, 0) is 45.5 Å². The third kappa shape index (κ3) is 1.57. The molecule has 0 amide bonds. The van der Waals surface area contributed by atoms with E-state index in [1.54, 1.807) is 0 Å². The fraction of sp³-hybridized carbons (Fsp3) is 0.214. The van der Waals surface area contributed by atoms with Crippen LogP contribution in [0.2, 0.25) is 0 Å². The highest BCUT2D eigenvalue weighted by molar-refractivity contribution is 9.18. The molecule has 0 radical (unpaired) electrons. The van der Waals surface area contributed by atoms with Gasteiger partial charge >= 0.3 is 0 Å². The molecule has 0 spiro atoms. The van der Waals surface area contributed by atoms with Crippen molar-refractivity contribution in [3.05, 3.63) is 53.1 Å². The number of nitrogens with zero attached hydrogens (tertiary/aromatic N) is 1. The largest absolute Gasteiger partial charge is 0.272 e. The van der Waals surface area contributed by atoms with Crippen LogP contribution in [0.15, 0.2) is 47.0 Å². The smallest absolute Gasteiger partial charge is 0.108 e. The molecule has 2 aliphatic rings. The predicted molar refractivity (Wildman–Crippen MR) is 72.1 cm³/mol. The maximum Gasteiger partial charge on any atom is 0.108 e. The minimum atomic E-state index is 0.793. The van der Waals surface area contributed by atoms with E-state index in [-0.39, 0.29) is 0 Å². The molecular weight excluding hydrogens is 262 g/mol. The van der Waals surface area contributed by atoms with Gasteiger partial charge in [0.15, 0.2) is 0 Å². The molecule has 16 heavy (non-hydrogen) atoms. The van der Waals surface area contributed by atoms with E-state index in [0.29, 0.717) is 0 Å². The summed E-state index contributed by atoms with van der Waals surface area (Å²) in [6, 6.07) is 8.51. The summed E-state index contributed by atoms with van der Waals surface area (Å²) >= 11 is 3.57. The van der Waals surface area contributed by atoms with Crippen LogP contribution in [0.1, 0.15) is 24.0 Å². The zero-order chi connectivity index (χ0) is 11.0. The molecule has 1 aliphatic carbocycles. The van der Waals surface area contributed by atoms with Gasteiger partial charge in [0, 0.05) is 5.56 Å². The van der Waals surface area contributed by atoms with Crippen molar-refractivity contribution in [2.45, 2.75) is 12.8 Å². The second-order valence-electron chi connectivity index (χ2n) is 4.10. The van der Waals surface area contributed by atoms with Crippen molar-refractivity contribution < 1.29 is 0 Å². The third-order valence-corrected chi connectivity index (χ3v) is 3.81. The molecule has 1 heterocycles. The van der Waals surface area contributed by atoms with Crippen LogP contribution in [-0.4, -0.2) is 11.2 Å². The highest BCUT2D eigenvalue weighted by atomic mass is 79.9. The Morgan fingerprint density at radius 2 is 1.94 bits per heavy atom. The number of hydrogen-bond donors (Lipinski definition) is 0. The second-order valence-corrected chi connectivity index (χ2v) is 4.85. The van der Waals surface area contributed by atoms with E-state index in [1.165, 1.54) is 22.3 Å². The number of fused-ring (bicyclic) bond motifs is 2. The van der Waals surface area contributed by atoms with Crippen molar-refractivity contribution in [3.63, 3.8) is 0 Å². The highest BCUT2D eigenvalue weighted by Gasteiger charge is 2.18. The minimum Gasteiger partial charge on any atom is -0.272 e. The van der Waals surface area contributed by atoms with Gasteiger partial charge in [-0.15, -0.1) is 0 Å². The van der Waals surface area contributed by atoms with Gasteiger partial charge in [-0.3, -0.25) is 4.99 Å². The van der Waals surface area contributed by atoms with E-state index in [2.05, 4.69) is 57.3 Å². The van der Waals surface area contributed by atoms with Gasteiger partial charge in [-0.25, -0.2) is 0 Å². The van der Waals surface area contributed by atoms with E-state index in [1.807, 2.05) is 0 Å². The summed E-state index contributed by atoms with van der Waals surface area (Å²) in [6.07, 6.45) is 6.75. The van der Waals surface area contributed by atoms with E-state index < -0.39 is 0 Å². The van der Waals surface area contributed by atoms with Gasteiger partial charge in [0.1, 0.15) is 4.62 Å². The number of aliphatic imine (C=N–C) groups is 1. The molecule has 3 rings (SSSR count). The van der Waals surface area contributed by atoms with Crippen LogP contribution < -0.4 is 0 Å². The lowest BCUT2D eigenvalue weighted by atomic mass is 9.90. The van der Waals surface area contributed by atoms with Crippen LogP contribution in [-0.2, 0) is 0 Å². The Morgan fingerprint density at radius 3 is 2.81 bits per heavy atom. The SMILES string of the molecule is BrC1=NCC2=C(CCC=C2)c2ccccc21. The van der Waals surface area contributed by atoms with Crippen LogP contribution in [0.25, 0.3) is 5.57 Å². The lowest BCUT2D eigenvalue weighted by Gasteiger charge is -2.15. The van der Waals surface area contributed by atoms with Gasteiger partial charge in [-0.1, -0.05) is 36.4 Å². The monoisotopic (exact) mass is 273 g/mol. The van der Waals surface area contributed by atoms with Crippen molar-refractivity contribution >= 4 is 26.1 Å². The Morgan fingerprint density at radius 1 is 1.12 bits per heavy atom. The highest BCUT2D eigenvalue weighted by Crippen LogP contribution is 2.33. The molecule has 1 aromatic carbocycles. The molecule has 0 unspecified atom stereocenters. The maximum absolute atomic E-state index is 4.57. The molecule has 0 N–H and O–H groups in total. The molecule has 0 saturated carbocycles. The minimum absolute atomic E-state index is 0.793. The van der Waals surface area contributed by atoms with Crippen LogP contribution in [0, 0.1) is 0 Å². The normalized spacial score (nSPS) is 18.7. The number of halogens is 1. The topological polar surface area (TPSA) is 12.4 Å². The molecule has 0 bridgehead atoms. The van der Waals surface area contributed by atoms with Crippen LogP contribution in [0.5, 0.6) is 0 Å². The van der Waals surface area contributed by atoms with E-state index in [0.717, 1.165) is 24.0 Å².